The van der Waals surface area contributed by atoms with Crippen molar-refractivity contribution in [3.05, 3.63) is 77.9 Å². The summed E-state index contributed by atoms with van der Waals surface area (Å²) in [5.74, 6) is -0.109. The molecule has 0 saturated heterocycles. The molecular formula is C18H14O2S. The van der Waals surface area contributed by atoms with Crippen LogP contribution in [-0.4, -0.2) is 11.1 Å². The van der Waals surface area contributed by atoms with Crippen LogP contribution in [0.5, 0.6) is 0 Å². The Hall–Kier alpha value is -2.26. The highest BCUT2D eigenvalue weighted by Gasteiger charge is 2.14. The molecule has 3 heteroatoms. The molecule has 104 valence electrons. The van der Waals surface area contributed by atoms with E-state index in [1.165, 1.54) is 5.56 Å². The third kappa shape index (κ3) is 2.93. The lowest BCUT2D eigenvalue weighted by Gasteiger charge is -2.09. The van der Waals surface area contributed by atoms with Crippen LogP contribution in [0.25, 0.3) is 10.8 Å². The fraction of sp³-hybridized carbons (Fsp3) is 0.0556. The Morgan fingerprint density at radius 1 is 0.905 bits per heavy atom. The van der Waals surface area contributed by atoms with Crippen LogP contribution in [0.15, 0.2) is 71.6 Å². The Bertz CT molecular complexity index is 782. The third-order valence-corrected chi connectivity index (χ3v) is 4.47. The van der Waals surface area contributed by atoms with Crippen LogP contribution >= 0.6 is 11.8 Å². The average Bonchev–Trinajstić information content (AvgIpc) is 2.53. The summed E-state index contributed by atoms with van der Waals surface area (Å²) in [6.07, 6.45) is 0. The zero-order chi connectivity index (χ0) is 14.7. The second-order valence-corrected chi connectivity index (χ2v) is 5.76. The van der Waals surface area contributed by atoms with Gasteiger partial charge in [0.15, 0.2) is 0 Å². The van der Waals surface area contributed by atoms with Crippen molar-refractivity contribution < 1.29 is 9.90 Å². The Morgan fingerprint density at radius 2 is 1.62 bits per heavy atom. The van der Waals surface area contributed by atoms with Gasteiger partial charge >= 0.3 is 5.97 Å². The fourth-order valence-corrected chi connectivity index (χ4v) is 3.35. The summed E-state index contributed by atoms with van der Waals surface area (Å²) in [4.78, 5) is 12.4. The zero-order valence-electron chi connectivity index (χ0n) is 11.3. The Morgan fingerprint density at radius 3 is 2.38 bits per heavy atom. The van der Waals surface area contributed by atoms with Crippen molar-refractivity contribution in [2.75, 3.05) is 0 Å². The second kappa shape index (κ2) is 6.02. The minimum atomic E-state index is -0.873. The molecule has 1 N–H and O–H groups in total. The van der Waals surface area contributed by atoms with E-state index in [9.17, 15) is 9.90 Å². The van der Waals surface area contributed by atoms with E-state index in [4.69, 9.17) is 0 Å². The highest BCUT2D eigenvalue weighted by molar-refractivity contribution is 7.98. The van der Waals surface area contributed by atoms with Crippen molar-refractivity contribution in [1.29, 1.82) is 0 Å². The van der Waals surface area contributed by atoms with E-state index in [1.54, 1.807) is 11.8 Å². The molecule has 0 fully saturated rings. The number of fused-ring (bicyclic) bond motifs is 1. The first kappa shape index (κ1) is 13.7. The summed E-state index contributed by atoms with van der Waals surface area (Å²) in [7, 11) is 0. The molecule has 0 amide bonds. The minimum Gasteiger partial charge on any atom is -0.478 e. The summed E-state index contributed by atoms with van der Waals surface area (Å²) in [5.41, 5.74) is 1.58. The molecule has 0 unspecified atom stereocenters. The number of carboxylic acid groups (broad SMARTS) is 1. The monoisotopic (exact) mass is 294 g/mol. The molecule has 0 heterocycles. The van der Waals surface area contributed by atoms with E-state index in [2.05, 4.69) is 12.1 Å². The van der Waals surface area contributed by atoms with Crippen molar-refractivity contribution >= 4 is 28.5 Å². The van der Waals surface area contributed by atoms with Gasteiger partial charge in [0.25, 0.3) is 0 Å². The first-order valence-corrected chi connectivity index (χ1v) is 7.66. The van der Waals surface area contributed by atoms with Crippen molar-refractivity contribution in [3.8, 4) is 0 Å². The molecule has 0 aliphatic heterocycles. The molecule has 3 rings (SSSR count). The second-order valence-electron chi connectivity index (χ2n) is 4.74. The summed E-state index contributed by atoms with van der Waals surface area (Å²) in [5, 5.41) is 11.3. The molecule has 0 saturated carbocycles. The molecule has 0 bridgehead atoms. The van der Waals surface area contributed by atoms with E-state index in [0.29, 0.717) is 5.56 Å². The summed E-state index contributed by atoms with van der Waals surface area (Å²) >= 11 is 1.56. The molecule has 0 atom stereocenters. The van der Waals surface area contributed by atoms with E-state index in [0.717, 1.165) is 21.4 Å². The molecule has 2 nitrogen and oxygen atoms in total. The zero-order valence-corrected chi connectivity index (χ0v) is 12.1. The number of hydrogen-bond donors (Lipinski definition) is 1. The predicted octanol–water partition coefficient (Wildman–Crippen LogP) is 4.83. The maximum Gasteiger partial charge on any atom is 0.337 e. The largest absolute Gasteiger partial charge is 0.478 e. The van der Waals surface area contributed by atoms with E-state index in [-0.39, 0.29) is 0 Å². The highest BCUT2D eigenvalue weighted by atomic mass is 32.2. The summed E-state index contributed by atoms with van der Waals surface area (Å²) < 4.78 is 0. The van der Waals surface area contributed by atoms with Crippen LogP contribution in [0.2, 0.25) is 0 Å². The molecule has 21 heavy (non-hydrogen) atoms. The lowest BCUT2D eigenvalue weighted by molar-refractivity contribution is 0.0695. The number of aromatic carboxylic acids is 1. The lowest BCUT2D eigenvalue weighted by Crippen LogP contribution is -2.00. The molecule has 0 aromatic heterocycles. The predicted molar refractivity (Wildman–Crippen MR) is 86.9 cm³/mol. The fourth-order valence-electron chi connectivity index (χ4n) is 2.33. The van der Waals surface area contributed by atoms with Crippen molar-refractivity contribution in [1.82, 2.24) is 0 Å². The standard InChI is InChI=1S/C18H14O2S/c19-18(20)17-15-9-5-4-8-14(15)10-11-16(17)21-12-13-6-2-1-3-7-13/h1-11H,12H2,(H,19,20). The van der Waals surface area contributed by atoms with Gasteiger partial charge in [-0.15, -0.1) is 11.8 Å². The number of rotatable bonds is 4. The summed E-state index contributed by atoms with van der Waals surface area (Å²) in [6, 6.07) is 21.6. The van der Waals surface area contributed by atoms with E-state index in [1.807, 2.05) is 54.6 Å². The van der Waals surface area contributed by atoms with Gasteiger partial charge in [-0.3, -0.25) is 0 Å². The SMILES string of the molecule is O=C(O)c1c(SCc2ccccc2)ccc2ccccc12. The third-order valence-electron chi connectivity index (χ3n) is 3.34. The van der Waals surface area contributed by atoms with Crippen molar-refractivity contribution in [3.63, 3.8) is 0 Å². The van der Waals surface area contributed by atoms with Crippen LogP contribution in [0.3, 0.4) is 0 Å². The van der Waals surface area contributed by atoms with Crippen LogP contribution in [0, 0.1) is 0 Å². The van der Waals surface area contributed by atoms with Crippen LogP contribution in [-0.2, 0) is 5.75 Å². The topological polar surface area (TPSA) is 37.3 Å². The quantitative estimate of drug-likeness (QED) is 0.700. The number of carbonyl (C=O) groups is 1. The van der Waals surface area contributed by atoms with Crippen LogP contribution in [0.1, 0.15) is 15.9 Å². The van der Waals surface area contributed by atoms with Gasteiger partial charge in [0, 0.05) is 10.6 Å². The van der Waals surface area contributed by atoms with Gasteiger partial charge in [0.1, 0.15) is 0 Å². The molecule has 0 spiro atoms. The molecule has 0 aliphatic rings. The lowest BCUT2D eigenvalue weighted by atomic mass is 10.0. The number of hydrogen-bond acceptors (Lipinski definition) is 2. The Balaban J connectivity index is 1.98. The molecule has 0 radical (unpaired) electrons. The highest BCUT2D eigenvalue weighted by Crippen LogP contribution is 2.31. The molecular weight excluding hydrogens is 280 g/mol. The average molecular weight is 294 g/mol. The van der Waals surface area contributed by atoms with E-state index < -0.39 is 5.97 Å². The van der Waals surface area contributed by atoms with Gasteiger partial charge in [-0.1, -0.05) is 60.7 Å². The van der Waals surface area contributed by atoms with Gasteiger partial charge in [-0.25, -0.2) is 4.79 Å². The van der Waals surface area contributed by atoms with Crippen molar-refractivity contribution in [2.24, 2.45) is 0 Å². The van der Waals surface area contributed by atoms with Crippen LogP contribution < -0.4 is 0 Å². The smallest absolute Gasteiger partial charge is 0.337 e. The van der Waals surface area contributed by atoms with Gasteiger partial charge in [-0.05, 0) is 22.4 Å². The normalized spacial score (nSPS) is 10.7. The van der Waals surface area contributed by atoms with Crippen LogP contribution in [0.4, 0.5) is 0 Å². The van der Waals surface area contributed by atoms with Gasteiger partial charge in [0.05, 0.1) is 5.56 Å². The maximum atomic E-state index is 11.6. The number of carboxylic acids is 1. The maximum absolute atomic E-state index is 11.6. The molecule has 0 aliphatic carbocycles. The number of benzene rings is 3. The molecule has 3 aromatic carbocycles. The Labute approximate surface area is 127 Å². The Kier molecular flexibility index (Phi) is 3.93. The van der Waals surface area contributed by atoms with Crippen molar-refractivity contribution in [2.45, 2.75) is 10.6 Å². The van der Waals surface area contributed by atoms with Gasteiger partial charge in [-0.2, -0.15) is 0 Å². The molecule has 3 aromatic rings. The summed E-state index contributed by atoms with van der Waals surface area (Å²) in [6.45, 7) is 0. The first-order valence-electron chi connectivity index (χ1n) is 6.67. The minimum absolute atomic E-state index is 0.397. The van der Waals surface area contributed by atoms with Gasteiger partial charge in [0.2, 0.25) is 0 Å². The van der Waals surface area contributed by atoms with E-state index >= 15 is 0 Å². The number of thioether (sulfide) groups is 1. The van der Waals surface area contributed by atoms with Gasteiger partial charge < -0.3 is 5.11 Å². The first-order chi connectivity index (χ1) is 10.3.